The lowest BCUT2D eigenvalue weighted by Gasteiger charge is -2.00. The molecule has 0 atom stereocenters. The largest absolute Gasteiger partial charge is 0.507 e. The molecule has 0 aromatic heterocycles. The highest BCUT2D eigenvalue weighted by Gasteiger charge is 1.97. The van der Waals surface area contributed by atoms with Gasteiger partial charge in [-0.15, -0.1) is 0 Å². The minimum atomic E-state index is 0.290. The number of phenols is 1. The zero-order valence-corrected chi connectivity index (χ0v) is 10.5. The van der Waals surface area contributed by atoms with E-state index in [2.05, 4.69) is 17.1 Å². The Kier molecular flexibility index (Phi) is 4.13. The van der Waals surface area contributed by atoms with Crippen LogP contribution in [-0.4, -0.2) is 17.9 Å². The van der Waals surface area contributed by atoms with Gasteiger partial charge in [0.15, 0.2) is 0 Å². The van der Waals surface area contributed by atoms with E-state index in [1.807, 2.05) is 37.3 Å². The van der Waals surface area contributed by atoms with Crippen LogP contribution in [0.25, 0.3) is 0 Å². The van der Waals surface area contributed by atoms with Crippen molar-refractivity contribution in [1.29, 1.82) is 0 Å². The molecule has 0 aliphatic heterocycles. The summed E-state index contributed by atoms with van der Waals surface area (Å²) in [6.45, 7) is 2.69. The summed E-state index contributed by atoms with van der Waals surface area (Å²) >= 11 is 0. The normalized spacial score (nSPS) is 10.9. The van der Waals surface area contributed by atoms with Gasteiger partial charge in [0.2, 0.25) is 0 Å². The van der Waals surface area contributed by atoms with E-state index in [1.54, 1.807) is 12.3 Å². The second-order valence-corrected chi connectivity index (χ2v) is 4.33. The zero-order valence-electron chi connectivity index (χ0n) is 10.5. The summed E-state index contributed by atoms with van der Waals surface area (Å²) in [6.07, 6.45) is 2.65. The van der Waals surface area contributed by atoms with Gasteiger partial charge in [-0.05, 0) is 36.6 Å². The molecule has 0 bridgehead atoms. The van der Waals surface area contributed by atoms with Crippen LogP contribution >= 0.6 is 0 Å². The highest BCUT2D eigenvalue weighted by atomic mass is 16.3. The Morgan fingerprint density at radius 1 is 1.11 bits per heavy atom. The van der Waals surface area contributed by atoms with Crippen LogP contribution in [0.1, 0.15) is 16.7 Å². The van der Waals surface area contributed by atoms with E-state index in [0.29, 0.717) is 5.75 Å². The van der Waals surface area contributed by atoms with E-state index in [9.17, 15) is 5.11 Å². The Hall–Kier alpha value is -2.09. The first-order chi connectivity index (χ1) is 8.75. The maximum atomic E-state index is 9.72. The maximum Gasteiger partial charge on any atom is 0.124 e. The van der Waals surface area contributed by atoms with Gasteiger partial charge in [0.25, 0.3) is 0 Å². The van der Waals surface area contributed by atoms with Crippen molar-refractivity contribution in [1.82, 2.24) is 0 Å². The van der Waals surface area contributed by atoms with Crippen molar-refractivity contribution in [2.75, 3.05) is 6.54 Å². The van der Waals surface area contributed by atoms with E-state index in [4.69, 9.17) is 0 Å². The number of aromatic hydroxyl groups is 1. The zero-order chi connectivity index (χ0) is 12.8. The highest BCUT2D eigenvalue weighted by Crippen LogP contribution is 2.16. The van der Waals surface area contributed by atoms with Crippen LogP contribution < -0.4 is 0 Å². The number of aliphatic imine (C=N–C) groups is 1. The Morgan fingerprint density at radius 3 is 2.61 bits per heavy atom. The van der Waals surface area contributed by atoms with E-state index in [-0.39, 0.29) is 0 Å². The number of rotatable bonds is 4. The van der Waals surface area contributed by atoms with Crippen LogP contribution in [0.4, 0.5) is 0 Å². The fourth-order valence-electron chi connectivity index (χ4n) is 1.76. The smallest absolute Gasteiger partial charge is 0.124 e. The SMILES string of the molecule is Cc1ccc(/C=N/CCc2ccccc2)c(O)c1. The molecule has 0 saturated carbocycles. The summed E-state index contributed by atoms with van der Waals surface area (Å²) in [7, 11) is 0. The monoisotopic (exact) mass is 239 g/mol. The predicted octanol–water partition coefficient (Wildman–Crippen LogP) is 3.36. The van der Waals surface area contributed by atoms with Gasteiger partial charge in [0.05, 0.1) is 0 Å². The number of hydrogen-bond donors (Lipinski definition) is 1. The molecule has 0 amide bonds. The quantitative estimate of drug-likeness (QED) is 0.815. The number of phenolic OH excluding ortho intramolecular Hbond substituents is 1. The van der Waals surface area contributed by atoms with Crippen LogP contribution in [0.15, 0.2) is 53.5 Å². The van der Waals surface area contributed by atoms with E-state index in [1.165, 1.54) is 5.56 Å². The molecule has 0 heterocycles. The minimum absolute atomic E-state index is 0.290. The van der Waals surface area contributed by atoms with Gasteiger partial charge in [-0.2, -0.15) is 0 Å². The summed E-state index contributed by atoms with van der Waals surface area (Å²) < 4.78 is 0. The van der Waals surface area contributed by atoms with Gasteiger partial charge in [0.1, 0.15) is 5.75 Å². The summed E-state index contributed by atoms with van der Waals surface area (Å²) in [6, 6.07) is 15.9. The standard InChI is InChI=1S/C16H17NO/c1-13-7-8-15(16(18)11-13)12-17-10-9-14-5-3-2-4-6-14/h2-8,11-12,18H,9-10H2,1H3/b17-12+. The Balaban J connectivity index is 1.92. The Bertz CT molecular complexity index is 532. The van der Waals surface area contributed by atoms with Crippen LogP contribution in [0.2, 0.25) is 0 Å². The van der Waals surface area contributed by atoms with Crippen molar-refractivity contribution in [3.63, 3.8) is 0 Å². The second-order valence-electron chi connectivity index (χ2n) is 4.33. The molecule has 0 saturated heterocycles. The molecule has 92 valence electrons. The maximum absolute atomic E-state index is 9.72. The van der Waals surface area contributed by atoms with E-state index in [0.717, 1.165) is 24.1 Å². The van der Waals surface area contributed by atoms with Crippen molar-refractivity contribution in [3.05, 3.63) is 65.2 Å². The van der Waals surface area contributed by atoms with Gasteiger partial charge in [-0.25, -0.2) is 0 Å². The molecule has 2 heteroatoms. The molecule has 1 N–H and O–H groups in total. The fraction of sp³-hybridized carbons (Fsp3) is 0.188. The fourth-order valence-corrected chi connectivity index (χ4v) is 1.76. The van der Waals surface area contributed by atoms with Gasteiger partial charge >= 0.3 is 0 Å². The molecule has 2 aromatic rings. The summed E-state index contributed by atoms with van der Waals surface area (Å²) in [5, 5.41) is 9.72. The minimum Gasteiger partial charge on any atom is -0.507 e. The molecular weight excluding hydrogens is 222 g/mol. The van der Waals surface area contributed by atoms with Crippen LogP contribution in [-0.2, 0) is 6.42 Å². The molecular formula is C16H17NO. The number of nitrogens with zero attached hydrogens (tertiary/aromatic N) is 1. The molecule has 2 nitrogen and oxygen atoms in total. The second kappa shape index (κ2) is 6.01. The molecule has 0 radical (unpaired) electrons. The van der Waals surface area contributed by atoms with Crippen LogP contribution in [0, 0.1) is 6.92 Å². The lowest BCUT2D eigenvalue weighted by Crippen LogP contribution is -1.90. The third-order valence-electron chi connectivity index (χ3n) is 2.79. The van der Waals surface area contributed by atoms with Crippen LogP contribution in [0.5, 0.6) is 5.75 Å². The van der Waals surface area contributed by atoms with Gasteiger partial charge in [-0.3, -0.25) is 4.99 Å². The average Bonchev–Trinajstić information content (AvgIpc) is 2.38. The summed E-state index contributed by atoms with van der Waals surface area (Å²) in [5.41, 5.74) is 3.10. The number of hydrogen-bond acceptors (Lipinski definition) is 2. The number of aryl methyl sites for hydroxylation is 1. The summed E-state index contributed by atoms with van der Waals surface area (Å²) in [4.78, 5) is 4.34. The topological polar surface area (TPSA) is 32.6 Å². The molecule has 2 rings (SSSR count). The first kappa shape index (κ1) is 12.4. The molecule has 0 aliphatic carbocycles. The van der Waals surface area contributed by atoms with E-state index < -0.39 is 0 Å². The van der Waals surface area contributed by atoms with Gasteiger partial charge < -0.3 is 5.11 Å². The Morgan fingerprint density at radius 2 is 1.89 bits per heavy atom. The lowest BCUT2D eigenvalue weighted by atomic mass is 10.1. The molecule has 0 unspecified atom stereocenters. The average molecular weight is 239 g/mol. The van der Waals surface area contributed by atoms with Crippen molar-refractivity contribution in [3.8, 4) is 5.75 Å². The van der Waals surface area contributed by atoms with Crippen molar-refractivity contribution in [2.24, 2.45) is 4.99 Å². The molecule has 0 fully saturated rings. The van der Waals surface area contributed by atoms with Crippen molar-refractivity contribution in [2.45, 2.75) is 13.3 Å². The van der Waals surface area contributed by atoms with Gasteiger partial charge in [-0.1, -0.05) is 36.4 Å². The first-order valence-electron chi connectivity index (χ1n) is 6.09. The molecule has 2 aromatic carbocycles. The van der Waals surface area contributed by atoms with Crippen LogP contribution in [0.3, 0.4) is 0 Å². The lowest BCUT2D eigenvalue weighted by molar-refractivity contribution is 0.474. The van der Waals surface area contributed by atoms with Gasteiger partial charge in [0, 0.05) is 18.3 Å². The number of benzene rings is 2. The van der Waals surface area contributed by atoms with E-state index >= 15 is 0 Å². The predicted molar refractivity (Wildman–Crippen MR) is 75.5 cm³/mol. The van der Waals surface area contributed by atoms with Crippen molar-refractivity contribution < 1.29 is 5.11 Å². The van der Waals surface area contributed by atoms with Crippen molar-refractivity contribution >= 4 is 6.21 Å². The molecule has 0 spiro atoms. The highest BCUT2D eigenvalue weighted by molar-refractivity contribution is 5.83. The molecule has 18 heavy (non-hydrogen) atoms. The third-order valence-corrected chi connectivity index (χ3v) is 2.79. The third kappa shape index (κ3) is 3.45. The summed E-state index contributed by atoms with van der Waals surface area (Å²) in [5.74, 6) is 0.290. The Labute approximate surface area is 108 Å². The molecule has 0 aliphatic rings. The first-order valence-corrected chi connectivity index (χ1v) is 6.09.